The fourth-order valence-electron chi connectivity index (χ4n) is 1.80. The molecule has 0 fully saturated rings. The molecule has 0 bridgehead atoms. The molecule has 1 unspecified atom stereocenters. The molecule has 0 heterocycles. The Morgan fingerprint density at radius 1 is 1.40 bits per heavy atom. The Hall–Kier alpha value is -1.02. The molecule has 2 heteroatoms. The molecule has 1 rings (SSSR count). The molecule has 0 aliphatic heterocycles. The predicted molar refractivity (Wildman–Crippen MR) is 62.2 cm³/mol. The van der Waals surface area contributed by atoms with Crippen LogP contribution in [-0.2, 0) is 6.42 Å². The van der Waals surface area contributed by atoms with Crippen LogP contribution in [0.3, 0.4) is 0 Å². The minimum absolute atomic E-state index is 0.269. The van der Waals surface area contributed by atoms with E-state index >= 15 is 0 Å². The molecule has 0 aliphatic rings. The van der Waals surface area contributed by atoms with Crippen LogP contribution in [0.2, 0.25) is 0 Å². The van der Waals surface area contributed by atoms with E-state index in [4.69, 9.17) is 4.74 Å². The van der Waals surface area contributed by atoms with E-state index in [2.05, 4.69) is 13.0 Å². The van der Waals surface area contributed by atoms with Crippen molar-refractivity contribution in [1.82, 2.24) is 0 Å². The predicted octanol–water partition coefficient (Wildman–Crippen LogP) is 2.65. The van der Waals surface area contributed by atoms with Crippen LogP contribution in [0, 0.1) is 5.92 Å². The number of aliphatic hydroxyl groups is 1. The SMILES string of the molecule is CCCC(CO)Cc1cccc(OC)c1. The normalized spacial score (nSPS) is 12.5. The summed E-state index contributed by atoms with van der Waals surface area (Å²) in [6.07, 6.45) is 3.13. The summed E-state index contributed by atoms with van der Waals surface area (Å²) < 4.78 is 5.17. The van der Waals surface area contributed by atoms with Gasteiger partial charge in [-0.2, -0.15) is 0 Å². The van der Waals surface area contributed by atoms with Gasteiger partial charge < -0.3 is 9.84 Å². The Morgan fingerprint density at radius 2 is 2.20 bits per heavy atom. The van der Waals surface area contributed by atoms with Crippen molar-refractivity contribution in [3.05, 3.63) is 29.8 Å². The minimum atomic E-state index is 0.269. The molecule has 1 N–H and O–H groups in total. The van der Waals surface area contributed by atoms with Gasteiger partial charge in [-0.1, -0.05) is 25.5 Å². The fourth-order valence-corrected chi connectivity index (χ4v) is 1.80. The molecule has 0 spiro atoms. The van der Waals surface area contributed by atoms with Crippen LogP contribution in [0.4, 0.5) is 0 Å². The standard InChI is InChI=1S/C13H20O2/c1-3-5-12(10-14)8-11-6-4-7-13(9-11)15-2/h4,6-7,9,12,14H,3,5,8,10H2,1-2H3. The van der Waals surface area contributed by atoms with Crippen LogP contribution in [-0.4, -0.2) is 18.8 Å². The Morgan fingerprint density at radius 3 is 2.80 bits per heavy atom. The lowest BCUT2D eigenvalue weighted by Crippen LogP contribution is -2.09. The molecule has 0 amide bonds. The lowest BCUT2D eigenvalue weighted by Gasteiger charge is -2.13. The molecule has 0 aromatic heterocycles. The van der Waals surface area contributed by atoms with Gasteiger partial charge in [0.25, 0.3) is 0 Å². The van der Waals surface area contributed by atoms with Gasteiger partial charge in [0.2, 0.25) is 0 Å². The van der Waals surface area contributed by atoms with E-state index < -0.39 is 0 Å². The molecule has 1 aromatic rings. The number of hydrogen-bond acceptors (Lipinski definition) is 2. The van der Waals surface area contributed by atoms with E-state index in [1.54, 1.807) is 7.11 Å². The van der Waals surface area contributed by atoms with Crippen molar-refractivity contribution >= 4 is 0 Å². The maximum atomic E-state index is 9.21. The Balaban J connectivity index is 2.61. The van der Waals surface area contributed by atoms with Crippen molar-refractivity contribution in [2.75, 3.05) is 13.7 Å². The van der Waals surface area contributed by atoms with E-state index in [0.717, 1.165) is 25.0 Å². The number of rotatable bonds is 6. The average Bonchev–Trinajstić information content (AvgIpc) is 2.29. The summed E-state index contributed by atoms with van der Waals surface area (Å²) in [5.41, 5.74) is 1.24. The van der Waals surface area contributed by atoms with Crippen molar-refractivity contribution in [3.8, 4) is 5.75 Å². The third kappa shape index (κ3) is 3.92. The Labute approximate surface area is 91.9 Å². The van der Waals surface area contributed by atoms with Crippen LogP contribution >= 0.6 is 0 Å². The molecule has 2 nitrogen and oxygen atoms in total. The first-order valence-electron chi connectivity index (χ1n) is 5.54. The fraction of sp³-hybridized carbons (Fsp3) is 0.538. The van der Waals surface area contributed by atoms with Gasteiger partial charge in [-0.05, 0) is 36.5 Å². The lowest BCUT2D eigenvalue weighted by atomic mass is 9.96. The van der Waals surface area contributed by atoms with Crippen LogP contribution in [0.25, 0.3) is 0 Å². The smallest absolute Gasteiger partial charge is 0.119 e. The highest BCUT2D eigenvalue weighted by Gasteiger charge is 2.07. The maximum Gasteiger partial charge on any atom is 0.119 e. The summed E-state index contributed by atoms with van der Waals surface area (Å²) in [7, 11) is 1.68. The second-order valence-electron chi connectivity index (χ2n) is 3.89. The zero-order valence-corrected chi connectivity index (χ0v) is 9.57. The van der Waals surface area contributed by atoms with Crippen molar-refractivity contribution in [2.45, 2.75) is 26.2 Å². The zero-order valence-electron chi connectivity index (χ0n) is 9.57. The molecule has 0 radical (unpaired) electrons. The highest BCUT2D eigenvalue weighted by molar-refractivity contribution is 5.28. The summed E-state index contributed by atoms with van der Waals surface area (Å²) in [6.45, 7) is 2.42. The zero-order chi connectivity index (χ0) is 11.1. The first-order chi connectivity index (χ1) is 7.30. The Kier molecular flexibility index (Phi) is 5.19. The Bertz CT molecular complexity index is 284. The number of benzene rings is 1. The molecular weight excluding hydrogens is 188 g/mol. The van der Waals surface area contributed by atoms with Gasteiger partial charge >= 0.3 is 0 Å². The van der Waals surface area contributed by atoms with Gasteiger partial charge in [-0.25, -0.2) is 0 Å². The molecule has 15 heavy (non-hydrogen) atoms. The summed E-state index contributed by atoms with van der Waals surface area (Å²) in [5.74, 6) is 1.27. The van der Waals surface area contributed by atoms with Crippen molar-refractivity contribution in [2.24, 2.45) is 5.92 Å². The molecule has 1 atom stereocenters. The molecule has 84 valence electrons. The van der Waals surface area contributed by atoms with Crippen molar-refractivity contribution in [3.63, 3.8) is 0 Å². The van der Waals surface area contributed by atoms with Crippen LogP contribution < -0.4 is 4.74 Å². The van der Waals surface area contributed by atoms with Crippen LogP contribution in [0.5, 0.6) is 5.75 Å². The highest BCUT2D eigenvalue weighted by Crippen LogP contribution is 2.18. The van der Waals surface area contributed by atoms with E-state index in [1.807, 2.05) is 18.2 Å². The van der Waals surface area contributed by atoms with E-state index in [9.17, 15) is 5.11 Å². The molecule has 1 aromatic carbocycles. The van der Waals surface area contributed by atoms with Gasteiger partial charge in [0.15, 0.2) is 0 Å². The van der Waals surface area contributed by atoms with Crippen molar-refractivity contribution in [1.29, 1.82) is 0 Å². The lowest BCUT2D eigenvalue weighted by molar-refractivity contribution is 0.217. The largest absolute Gasteiger partial charge is 0.497 e. The number of methoxy groups -OCH3 is 1. The topological polar surface area (TPSA) is 29.5 Å². The maximum absolute atomic E-state index is 9.21. The van der Waals surface area contributed by atoms with E-state index in [0.29, 0.717) is 5.92 Å². The number of aliphatic hydroxyl groups excluding tert-OH is 1. The molecule has 0 saturated carbocycles. The third-order valence-corrected chi connectivity index (χ3v) is 2.61. The van der Waals surface area contributed by atoms with Crippen LogP contribution in [0.1, 0.15) is 25.3 Å². The second kappa shape index (κ2) is 6.46. The summed E-state index contributed by atoms with van der Waals surface area (Å²) in [6, 6.07) is 8.06. The van der Waals surface area contributed by atoms with E-state index in [-0.39, 0.29) is 6.61 Å². The second-order valence-corrected chi connectivity index (χ2v) is 3.89. The first-order valence-corrected chi connectivity index (χ1v) is 5.54. The van der Waals surface area contributed by atoms with E-state index in [1.165, 1.54) is 5.56 Å². The summed E-state index contributed by atoms with van der Waals surface area (Å²) >= 11 is 0. The average molecular weight is 208 g/mol. The summed E-state index contributed by atoms with van der Waals surface area (Å²) in [4.78, 5) is 0. The summed E-state index contributed by atoms with van der Waals surface area (Å²) in [5, 5.41) is 9.21. The third-order valence-electron chi connectivity index (χ3n) is 2.61. The van der Waals surface area contributed by atoms with Gasteiger partial charge in [-0.3, -0.25) is 0 Å². The number of hydrogen-bond donors (Lipinski definition) is 1. The number of ether oxygens (including phenoxy) is 1. The van der Waals surface area contributed by atoms with Crippen molar-refractivity contribution < 1.29 is 9.84 Å². The van der Waals surface area contributed by atoms with Gasteiger partial charge in [0.05, 0.1) is 7.11 Å². The van der Waals surface area contributed by atoms with Gasteiger partial charge in [0, 0.05) is 6.61 Å². The molecule has 0 saturated heterocycles. The molecular formula is C13H20O2. The minimum Gasteiger partial charge on any atom is -0.497 e. The quantitative estimate of drug-likeness (QED) is 0.778. The monoisotopic (exact) mass is 208 g/mol. The first kappa shape index (κ1) is 12.1. The highest BCUT2D eigenvalue weighted by atomic mass is 16.5. The van der Waals surface area contributed by atoms with Crippen LogP contribution in [0.15, 0.2) is 24.3 Å². The van der Waals surface area contributed by atoms with Gasteiger partial charge in [-0.15, -0.1) is 0 Å². The molecule has 0 aliphatic carbocycles. The van der Waals surface area contributed by atoms with Gasteiger partial charge in [0.1, 0.15) is 5.75 Å².